The topological polar surface area (TPSA) is 49.8 Å². The van der Waals surface area contributed by atoms with Crippen LogP contribution in [-0.2, 0) is 0 Å². The van der Waals surface area contributed by atoms with E-state index in [4.69, 9.17) is 11.6 Å². The third kappa shape index (κ3) is 4.18. The van der Waals surface area contributed by atoms with Crippen LogP contribution in [0.25, 0.3) is 0 Å². The maximum Gasteiger partial charge on any atom is 0.229 e. The van der Waals surface area contributed by atoms with Gasteiger partial charge in [0.1, 0.15) is 11.6 Å². The molecule has 0 unspecified atom stereocenters. The molecule has 1 aromatic heterocycles. The molecule has 3 aromatic rings. The van der Waals surface area contributed by atoms with E-state index in [0.29, 0.717) is 17.5 Å². The third-order valence-corrected chi connectivity index (χ3v) is 3.71. The zero-order valence-electron chi connectivity index (χ0n) is 11.7. The molecule has 0 amide bonds. The van der Waals surface area contributed by atoms with Gasteiger partial charge in [0.25, 0.3) is 0 Å². The minimum Gasteiger partial charge on any atom is -0.340 e. The summed E-state index contributed by atoms with van der Waals surface area (Å²) >= 11 is 9.18. The van der Waals surface area contributed by atoms with Crippen LogP contribution in [0.1, 0.15) is 0 Å². The van der Waals surface area contributed by atoms with Crippen LogP contribution in [0.3, 0.4) is 0 Å². The second-order valence-corrected chi connectivity index (χ2v) is 5.98. The molecule has 0 aliphatic heterocycles. The Kier molecular flexibility index (Phi) is 4.73. The van der Waals surface area contributed by atoms with Crippen molar-refractivity contribution in [3.05, 3.63) is 70.0 Å². The van der Waals surface area contributed by atoms with Crippen LogP contribution in [0.15, 0.2) is 59.2 Å². The second-order valence-electron chi connectivity index (χ2n) is 4.65. The highest BCUT2D eigenvalue weighted by molar-refractivity contribution is 9.10. The van der Waals surface area contributed by atoms with E-state index in [1.807, 2.05) is 24.3 Å². The molecule has 0 saturated heterocycles. The fourth-order valence-electron chi connectivity index (χ4n) is 1.91. The van der Waals surface area contributed by atoms with Crippen molar-refractivity contribution in [3.8, 4) is 0 Å². The molecule has 23 heavy (non-hydrogen) atoms. The molecule has 0 aliphatic rings. The van der Waals surface area contributed by atoms with Gasteiger partial charge in [-0.05, 0) is 42.5 Å². The molecular formula is C16H11BrClFN4. The third-order valence-electron chi connectivity index (χ3n) is 2.93. The van der Waals surface area contributed by atoms with Crippen molar-refractivity contribution < 1.29 is 4.39 Å². The van der Waals surface area contributed by atoms with Crippen LogP contribution in [-0.4, -0.2) is 9.97 Å². The zero-order chi connectivity index (χ0) is 16.2. The van der Waals surface area contributed by atoms with Crippen molar-refractivity contribution in [2.45, 2.75) is 0 Å². The Morgan fingerprint density at radius 2 is 1.83 bits per heavy atom. The predicted octanol–water partition coefficient (Wildman–Crippen LogP) is 5.52. The first-order chi connectivity index (χ1) is 11.1. The number of hydrogen-bond donors (Lipinski definition) is 2. The summed E-state index contributed by atoms with van der Waals surface area (Å²) in [5, 5.41) is 6.21. The molecule has 3 rings (SSSR count). The van der Waals surface area contributed by atoms with Gasteiger partial charge in [0.2, 0.25) is 5.95 Å². The summed E-state index contributed by atoms with van der Waals surface area (Å²) in [6, 6.07) is 13.8. The number of benzene rings is 2. The maximum atomic E-state index is 13.2. The van der Waals surface area contributed by atoms with Gasteiger partial charge < -0.3 is 10.6 Å². The van der Waals surface area contributed by atoms with Gasteiger partial charge in [0, 0.05) is 22.0 Å². The van der Waals surface area contributed by atoms with E-state index in [-0.39, 0.29) is 5.02 Å². The highest BCUT2D eigenvalue weighted by Crippen LogP contribution is 2.23. The lowest BCUT2D eigenvalue weighted by Gasteiger charge is -2.09. The largest absolute Gasteiger partial charge is 0.340 e. The molecule has 7 heteroatoms. The van der Waals surface area contributed by atoms with E-state index in [0.717, 1.165) is 10.2 Å². The number of anilines is 4. The van der Waals surface area contributed by atoms with Crippen LogP contribution in [0.2, 0.25) is 5.02 Å². The highest BCUT2D eigenvalue weighted by atomic mass is 79.9. The first kappa shape index (κ1) is 15.7. The lowest BCUT2D eigenvalue weighted by Crippen LogP contribution is -2.00. The molecule has 0 spiro atoms. The van der Waals surface area contributed by atoms with Gasteiger partial charge >= 0.3 is 0 Å². The Bertz CT molecular complexity index is 844. The SMILES string of the molecule is Fc1ccc(Nc2nccc(Nc3cccc(Br)c3)n2)cc1Cl. The average molecular weight is 394 g/mol. The minimum atomic E-state index is -0.469. The van der Waals surface area contributed by atoms with E-state index >= 15 is 0 Å². The number of nitrogens with zero attached hydrogens (tertiary/aromatic N) is 2. The van der Waals surface area contributed by atoms with Crippen molar-refractivity contribution in [1.29, 1.82) is 0 Å². The van der Waals surface area contributed by atoms with Crippen molar-refractivity contribution in [2.75, 3.05) is 10.6 Å². The molecule has 0 saturated carbocycles. The molecule has 4 nitrogen and oxygen atoms in total. The number of rotatable bonds is 4. The van der Waals surface area contributed by atoms with Gasteiger partial charge in [-0.2, -0.15) is 4.98 Å². The Morgan fingerprint density at radius 1 is 1.00 bits per heavy atom. The molecule has 2 N–H and O–H groups in total. The maximum absolute atomic E-state index is 13.2. The van der Waals surface area contributed by atoms with Gasteiger partial charge in [0.15, 0.2) is 0 Å². The average Bonchev–Trinajstić information content (AvgIpc) is 2.51. The van der Waals surface area contributed by atoms with E-state index in [9.17, 15) is 4.39 Å². The molecular weight excluding hydrogens is 383 g/mol. The summed E-state index contributed by atoms with van der Waals surface area (Å²) in [6.45, 7) is 0. The summed E-state index contributed by atoms with van der Waals surface area (Å²) in [5.41, 5.74) is 1.50. The lowest BCUT2D eigenvalue weighted by molar-refractivity contribution is 0.628. The smallest absolute Gasteiger partial charge is 0.229 e. The lowest BCUT2D eigenvalue weighted by atomic mass is 10.3. The Balaban J connectivity index is 1.78. The Labute approximate surface area is 145 Å². The van der Waals surface area contributed by atoms with Gasteiger partial charge in [-0.3, -0.25) is 0 Å². The first-order valence-corrected chi connectivity index (χ1v) is 7.85. The minimum absolute atomic E-state index is 0.0402. The quantitative estimate of drug-likeness (QED) is 0.613. The van der Waals surface area contributed by atoms with Gasteiger partial charge in [-0.1, -0.05) is 33.6 Å². The number of halogens is 3. The molecule has 0 bridgehead atoms. The summed E-state index contributed by atoms with van der Waals surface area (Å²) < 4.78 is 14.1. The Morgan fingerprint density at radius 3 is 2.61 bits per heavy atom. The van der Waals surface area contributed by atoms with Gasteiger partial charge in [0.05, 0.1) is 5.02 Å². The van der Waals surface area contributed by atoms with Crippen LogP contribution in [0, 0.1) is 5.82 Å². The molecule has 0 atom stereocenters. The summed E-state index contributed by atoms with van der Waals surface area (Å²) in [7, 11) is 0. The molecule has 0 radical (unpaired) electrons. The van der Waals surface area contributed by atoms with E-state index in [2.05, 4.69) is 36.5 Å². The number of hydrogen-bond acceptors (Lipinski definition) is 4. The monoisotopic (exact) mass is 392 g/mol. The van der Waals surface area contributed by atoms with Gasteiger partial charge in [-0.25, -0.2) is 9.37 Å². The zero-order valence-corrected chi connectivity index (χ0v) is 14.1. The van der Waals surface area contributed by atoms with E-state index in [1.54, 1.807) is 18.3 Å². The summed E-state index contributed by atoms with van der Waals surface area (Å²) in [4.78, 5) is 8.50. The molecule has 2 aromatic carbocycles. The van der Waals surface area contributed by atoms with Crippen molar-refractivity contribution in [1.82, 2.24) is 9.97 Å². The molecule has 116 valence electrons. The van der Waals surface area contributed by atoms with Crippen LogP contribution < -0.4 is 10.6 Å². The molecule has 1 heterocycles. The summed E-state index contributed by atoms with van der Waals surface area (Å²) in [5.74, 6) is 0.546. The molecule has 0 aliphatic carbocycles. The number of aromatic nitrogens is 2. The van der Waals surface area contributed by atoms with Crippen LogP contribution >= 0.6 is 27.5 Å². The van der Waals surface area contributed by atoms with Crippen molar-refractivity contribution in [3.63, 3.8) is 0 Å². The molecule has 0 fully saturated rings. The van der Waals surface area contributed by atoms with Crippen LogP contribution in [0.4, 0.5) is 27.5 Å². The van der Waals surface area contributed by atoms with Crippen molar-refractivity contribution >= 4 is 50.7 Å². The summed E-state index contributed by atoms with van der Waals surface area (Å²) in [6.07, 6.45) is 1.63. The fraction of sp³-hybridized carbons (Fsp3) is 0. The van der Waals surface area contributed by atoms with Gasteiger partial charge in [-0.15, -0.1) is 0 Å². The van der Waals surface area contributed by atoms with E-state index < -0.39 is 5.82 Å². The normalized spacial score (nSPS) is 10.4. The Hall–Kier alpha value is -2.18. The van der Waals surface area contributed by atoms with E-state index in [1.165, 1.54) is 12.1 Å². The second kappa shape index (κ2) is 6.93. The predicted molar refractivity (Wildman–Crippen MR) is 94.1 cm³/mol. The van der Waals surface area contributed by atoms with Crippen LogP contribution in [0.5, 0.6) is 0 Å². The van der Waals surface area contributed by atoms with Crippen molar-refractivity contribution in [2.24, 2.45) is 0 Å². The first-order valence-electron chi connectivity index (χ1n) is 6.68. The standard InChI is InChI=1S/C16H11BrClFN4/c17-10-2-1-3-11(8-10)21-15-6-7-20-16(23-15)22-12-4-5-14(19)13(18)9-12/h1-9H,(H2,20,21,22,23). The number of nitrogens with one attached hydrogen (secondary N) is 2. The highest BCUT2D eigenvalue weighted by Gasteiger charge is 2.04. The fourth-order valence-corrected chi connectivity index (χ4v) is 2.49.